The van der Waals surface area contributed by atoms with Crippen molar-refractivity contribution in [2.45, 2.75) is 90.7 Å². The van der Waals surface area contributed by atoms with Crippen molar-refractivity contribution in [1.29, 1.82) is 0 Å². The Labute approximate surface area is 161 Å². The van der Waals surface area contributed by atoms with Crippen LogP contribution in [0.5, 0.6) is 0 Å². The normalized spacial score (nSPS) is 48.6. The molecule has 0 aliphatic heterocycles. The van der Waals surface area contributed by atoms with Gasteiger partial charge in [-0.05, 0) is 114 Å². The highest BCUT2D eigenvalue weighted by Gasteiger charge is 2.60. The molecule has 3 saturated carbocycles. The highest BCUT2D eigenvalue weighted by Crippen LogP contribution is 2.67. The monoisotopic (exact) mass is 359 g/mol. The van der Waals surface area contributed by atoms with Crippen molar-refractivity contribution in [2.75, 3.05) is 14.1 Å². The molecular formula is C24H41NO. The SMILES string of the molecule is CN(C)C(C)(C)[C@H]1CC[C@H]2[C@@H]3CC=C4C[C@@H](O)CC[C@]4(C)[C@H]3CC[C@]12C. The second-order valence-corrected chi connectivity index (χ2v) is 11.4. The van der Waals surface area contributed by atoms with E-state index in [0.29, 0.717) is 10.8 Å². The topological polar surface area (TPSA) is 23.5 Å². The van der Waals surface area contributed by atoms with Crippen LogP contribution < -0.4 is 0 Å². The van der Waals surface area contributed by atoms with Gasteiger partial charge in [0.05, 0.1) is 6.10 Å². The Morgan fingerprint density at radius 3 is 2.46 bits per heavy atom. The van der Waals surface area contributed by atoms with Crippen LogP contribution in [-0.2, 0) is 0 Å². The number of hydrogen-bond donors (Lipinski definition) is 1. The maximum atomic E-state index is 10.2. The van der Waals surface area contributed by atoms with Crippen molar-refractivity contribution in [3.8, 4) is 0 Å². The summed E-state index contributed by atoms with van der Waals surface area (Å²) in [7, 11) is 4.54. The largest absolute Gasteiger partial charge is 0.393 e. The number of aliphatic hydroxyl groups excluding tert-OH is 1. The van der Waals surface area contributed by atoms with Crippen molar-refractivity contribution >= 4 is 0 Å². The minimum absolute atomic E-state index is 0.0866. The van der Waals surface area contributed by atoms with Gasteiger partial charge in [-0.2, -0.15) is 0 Å². The lowest BCUT2D eigenvalue weighted by atomic mass is 9.46. The maximum absolute atomic E-state index is 10.2. The van der Waals surface area contributed by atoms with Gasteiger partial charge in [0.2, 0.25) is 0 Å². The Morgan fingerprint density at radius 2 is 1.77 bits per heavy atom. The first-order valence-electron chi connectivity index (χ1n) is 11.2. The molecular weight excluding hydrogens is 318 g/mol. The van der Waals surface area contributed by atoms with Crippen LogP contribution in [-0.4, -0.2) is 35.7 Å². The van der Waals surface area contributed by atoms with Crippen LogP contribution in [0.2, 0.25) is 0 Å². The molecule has 148 valence electrons. The van der Waals surface area contributed by atoms with E-state index < -0.39 is 0 Å². The fraction of sp³-hybridized carbons (Fsp3) is 0.917. The summed E-state index contributed by atoms with van der Waals surface area (Å²) in [4.78, 5) is 2.47. The van der Waals surface area contributed by atoms with Gasteiger partial charge >= 0.3 is 0 Å². The number of allylic oxidation sites excluding steroid dienone is 1. The number of rotatable bonds is 2. The minimum atomic E-state index is -0.0866. The van der Waals surface area contributed by atoms with Crippen molar-refractivity contribution in [2.24, 2.45) is 34.5 Å². The minimum Gasteiger partial charge on any atom is -0.393 e. The lowest BCUT2D eigenvalue weighted by Crippen LogP contribution is -2.55. The van der Waals surface area contributed by atoms with Crippen LogP contribution in [0, 0.1) is 34.5 Å². The Hall–Kier alpha value is -0.340. The first-order valence-corrected chi connectivity index (χ1v) is 11.2. The molecule has 0 bridgehead atoms. The van der Waals surface area contributed by atoms with E-state index in [1.807, 2.05) is 0 Å². The molecule has 0 aromatic rings. The van der Waals surface area contributed by atoms with Gasteiger partial charge in [0.25, 0.3) is 0 Å². The maximum Gasteiger partial charge on any atom is 0.0577 e. The van der Waals surface area contributed by atoms with E-state index in [9.17, 15) is 5.11 Å². The summed E-state index contributed by atoms with van der Waals surface area (Å²) >= 11 is 0. The molecule has 0 radical (unpaired) electrons. The summed E-state index contributed by atoms with van der Waals surface area (Å²) < 4.78 is 0. The molecule has 26 heavy (non-hydrogen) atoms. The Bertz CT molecular complexity index is 593. The van der Waals surface area contributed by atoms with Gasteiger partial charge in [0.1, 0.15) is 0 Å². The summed E-state index contributed by atoms with van der Waals surface area (Å²) in [6, 6.07) is 0. The summed E-state index contributed by atoms with van der Waals surface area (Å²) in [6.07, 6.45) is 12.6. The molecule has 0 unspecified atom stereocenters. The quantitative estimate of drug-likeness (QED) is 0.679. The van der Waals surface area contributed by atoms with Crippen LogP contribution in [0.3, 0.4) is 0 Å². The molecule has 7 atom stereocenters. The Morgan fingerprint density at radius 1 is 1.04 bits per heavy atom. The number of fused-ring (bicyclic) bond motifs is 5. The summed E-state index contributed by atoms with van der Waals surface area (Å²) in [5, 5.41) is 10.2. The van der Waals surface area contributed by atoms with Crippen LogP contribution in [0.15, 0.2) is 11.6 Å². The second-order valence-electron chi connectivity index (χ2n) is 11.4. The predicted octanol–water partition coefficient (Wildman–Crippen LogP) is 5.27. The fourth-order valence-corrected chi connectivity index (χ4v) is 8.11. The molecule has 1 N–H and O–H groups in total. The molecule has 4 rings (SSSR count). The smallest absolute Gasteiger partial charge is 0.0577 e. The molecule has 0 saturated heterocycles. The van der Waals surface area contributed by atoms with E-state index in [4.69, 9.17) is 0 Å². The van der Waals surface area contributed by atoms with Gasteiger partial charge in [0, 0.05) is 5.54 Å². The van der Waals surface area contributed by atoms with Crippen molar-refractivity contribution in [1.82, 2.24) is 4.90 Å². The van der Waals surface area contributed by atoms with Gasteiger partial charge in [-0.3, -0.25) is 0 Å². The first kappa shape index (κ1) is 19.0. The zero-order chi connectivity index (χ0) is 18.9. The molecule has 4 aliphatic carbocycles. The van der Waals surface area contributed by atoms with E-state index in [-0.39, 0.29) is 11.6 Å². The van der Waals surface area contributed by atoms with Crippen LogP contribution in [0.1, 0.15) is 79.1 Å². The molecule has 0 aromatic carbocycles. The third-order valence-electron chi connectivity index (χ3n) is 10.1. The Balaban J connectivity index is 1.64. The van der Waals surface area contributed by atoms with Crippen LogP contribution >= 0.6 is 0 Å². The van der Waals surface area contributed by atoms with E-state index >= 15 is 0 Å². The van der Waals surface area contributed by atoms with Crippen LogP contribution in [0.25, 0.3) is 0 Å². The molecule has 0 heterocycles. The molecule has 2 heteroatoms. The zero-order valence-electron chi connectivity index (χ0n) is 18.0. The highest BCUT2D eigenvalue weighted by molar-refractivity contribution is 5.25. The van der Waals surface area contributed by atoms with Crippen LogP contribution in [0.4, 0.5) is 0 Å². The lowest BCUT2D eigenvalue weighted by molar-refractivity contribution is -0.0724. The van der Waals surface area contributed by atoms with E-state index in [1.54, 1.807) is 5.57 Å². The third-order valence-corrected chi connectivity index (χ3v) is 10.1. The van der Waals surface area contributed by atoms with E-state index in [2.05, 4.69) is 52.8 Å². The number of aliphatic hydroxyl groups is 1. The lowest BCUT2D eigenvalue weighted by Gasteiger charge is -2.59. The molecule has 3 fully saturated rings. The van der Waals surface area contributed by atoms with Gasteiger partial charge in [-0.25, -0.2) is 0 Å². The van der Waals surface area contributed by atoms with Crippen molar-refractivity contribution < 1.29 is 5.11 Å². The molecule has 4 aliphatic rings. The van der Waals surface area contributed by atoms with E-state index in [0.717, 1.165) is 36.5 Å². The Kier molecular flexibility index (Phi) is 4.44. The van der Waals surface area contributed by atoms with Crippen molar-refractivity contribution in [3.05, 3.63) is 11.6 Å². The summed E-state index contributed by atoms with van der Waals surface area (Å²) in [5.41, 5.74) is 2.76. The van der Waals surface area contributed by atoms with E-state index in [1.165, 1.54) is 38.5 Å². The zero-order valence-corrected chi connectivity index (χ0v) is 18.0. The number of hydrogen-bond acceptors (Lipinski definition) is 2. The van der Waals surface area contributed by atoms with Gasteiger partial charge in [-0.1, -0.05) is 25.5 Å². The van der Waals surface area contributed by atoms with Gasteiger partial charge in [0.15, 0.2) is 0 Å². The predicted molar refractivity (Wildman–Crippen MR) is 109 cm³/mol. The molecule has 0 spiro atoms. The standard InChI is InChI=1S/C24H41NO/c1-22(2,25(5)6)21-10-9-19-18-8-7-16-15-17(26)11-13-23(16,3)20(18)12-14-24(19,21)4/h7,17-21,26H,8-15H2,1-6H3/t17-,18-,19-,20-,21+,23-,24-/m0/s1. The van der Waals surface area contributed by atoms with Gasteiger partial charge < -0.3 is 10.0 Å². The molecule has 2 nitrogen and oxygen atoms in total. The third kappa shape index (κ3) is 2.50. The fourth-order valence-electron chi connectivity index (χ4n) is 8.11. The summed E-state index contributed by atoms with van der Waals surface area (Å²) in [5.74, 6) is 3.43. The average molecular weight is 360 g/mol. The van der Waals surface area contributed by atoms with Crippen molar-refractivity contribution in [3.63, 3.8) is 0 Å². The van der Waals surface area contributed by atoms with Gasteiger partial charge in [-0.15, -0.1) is 0 Å². The first-order chi connectivity index (χ1) is 12.1. The number of nitrogens with zero attached hydrogens (tertiary/aromatic N) is 1. The summed E-state index contributed by atoms with van der Waals surface area (Å²) in [6.45, 7) is 10.1. The molecule has 0 amide bonds. The highest BCUT2D eigenvalue weighted by atomic mass is 16.3. The molecule has 0 aromatic heterocycles. The second kappa shape index (κ2) is 6.08. The average Bonchev–Trinajstić information content (AvgIpc) is 2.93.